The molecule has 0 amide bonds. The Morgan fingerprint density at radius 1 is 0.931 bits per heavy atom. The summed E-state index contributed by atoms with van der Waals surface area (Å²) in [5.41, 5.74) is 2.25. The zero-order chi connectivity index (χ0) is 20.3. The molecule has 29 heavy (non-hydrogen) atoms. The molecule has 0 aliphatic carbocycles. The van der Waals surface area contributed by atoms with Gasteiger partial charge in [-0.15, -0.1) is 0 Å². The Balaban J connectivity index is 1.49. The van der Waals surface area contributed by atoms with Crippen molar-refractivity contribution in [3.8, 4) is 0 Å². The van der Waals surface area contributed by atoms with E-state index in [4.69, 9.17) is 16.3 Å². The Morgan fingerprint density at radius 3 is 2.34 bits per heavy atom. The highest BCUT2D eigenvalue weighted by Gasteiger charge is 2.24. The van der Waals surface area contributed by atoms with E-state index in [1.165, 1.54) is 11.6 Å². The largest absolute Gasteiger partial charge is 0.371 e. The topological polar surface area (TPSA) is 46.6 Å². The van der Waals surface area contributed by atoms with Crippen molar-refractivity contribution in [2.75, 3.05) is 19.7 Å². The molecule has 1 heterocycles. The van der Waals surface area contributed by atoms with Crippen molar-refractivity contribution in [1.29, 1.82) is 0 Å². The molecule has 3 aromatic carbocycles. The molecule has 0 spiro atoms. The van der Waals surface area contributed by atoms with Crippen molar-refractivity contribution in [2.24, 2.45) is 0 Å². The van der Waals surface area contributed by atoms with Gasteiger partial charge in [-0.3, -0.25) is 4.90 Å². The third-order valence-electron chi connectivity index (χ3n) is 5.09. The molecule has 0 aromatic heterocycles. The first-order valence-corrected chi connectivity index (χ1v) is 11.4. The summed E-state index contributed by atoms with van der Waals surface area (Å²) in [5.74, 6) is 0. The van der Waals surface area contributed by atoms with Gasteiger partial charge in [-0.1, -0.05) is 66.2 Å². The van der Waals surface area contributed by atoms with Gasteiger partial charge >= 0.3 is 0 Å². The Bertz CT molecular complexity index is 1070. The van der Waals surface area contributed by atoms with Gasteiger partial charge in [0.05, 0.1) is 27.5 Å². The van der Waals surface area contributed by atoms with Gasteiger partial charge in [-0.25, -0.2) is 8.42 Å². The minimum absolute atomic E-state index is 0.0791. The number of sulfone groups is 1. The van der Waals surface area contributed by atoms with Gasteiger partial charge in [0.1, 0.15) is 0 Å². The van der Waals surface area contributed by atoms with E-state index < -0.39 is 9.84 Å². The number of ether oxygens (including phenoxy) is 1. The minimum Gasteiger partial charge on any atom is -0.371 e. The number of rotatable bonds is 5. The van der Waals surface area contributed by atoms with Crippen LogP contribution in [0.25, 0.3) is 0 Å². The van der Waals surface area contributed by atoms with Crippen LogP contribution in [0.5, 0.6) is 0 Å². The molecule has 0 saturated carbocycles. The smallest absolute Gasteiger partial charge is 0.208 e. The third kappa shape index (κ3) is 4.54. The van der Waals surface area contributed by atoms with Gasteiger partial charge in [0.15, 0.2) is 0 Å². The Labute approximate surface area is 176 Å². The van der Waals surface area contributed by atoms with E-state index in [1.54, 1.807) is 30.3 Å². The van der Waals surface area contributed by atoms with Gasteiger partial charge in [-0.05, 0) is 35.4 Å². The summed E-state index contributed by atoms with van der Waals surface area (Å²) >= 11 is 6.09. The lowest BCUT2D eigenvalue weighted by molar-refractivity contribution is -0.0329. The molecule has 1 aliphatic rings. The standard InChI is InChI=1S/C23H22ClNO3S/c24-21-8-4-5-9-23(21)29(26,27)20-12-10-19(11-13-20)22-17-25(14-15-28-22)16-18-6-2-1-3-7-18/h1-13,22H,14-17H2. The number of hydrogen-bond acceptors (Lipinski definition) is 4. The number of morpholine rings is 1. The molecule has 4 nitrogen and oxygen atoms in total. The fourth-order valence-electron chi connectivity index (χ4n) is 3.54. The van der Waals surface area contributed by atoms with Crippen molar-refractivity contribution in [3.05, 3.63) is 95.0 Å². The molecule has 1 unspecified atom stereocenters. The van der Waals surface area contributed by atoms with Crippen molar-refractivity contribution in [1.82, 2.24) is 4.90 Å². The van der Waals surface area contributed by atoms with Crippen LogP contribution in [0.4, 0.5) is 0 Å². The molecule has 0 N–H and O–H groups in total. The van der Waals surface area contributed by atoms with Gasteiger partial charge in [0, 0.05) is 19.6 Å². The number of benzene rings is 3. The molecule has 1 aliphatic heterocycles. The fourth-order valence-corrected chi connectivity index (χ4v) is 5.31. The van der Waals surface area contributed by atoms with E-state index in [0.29, 0.717) is 6.61 Å². The lowest BCUT2D eigenvalue weighted by Gasteiger charge is -2.33. The highest BCUT2D eigenvalue weighted by atomic mass is 35.5. The van der Waals surface area contributed by atoms with Crippen LogP contribution in [0, 0.1) is 0 Å². The summed E-state index contributed by atoms with van der Waals surface area (Å²) in [7, 11) is -3.65. The first kappa shape index (κ1) is 20.1. The van der Waals surface area contributed by atoms with Crippen LogP contribution < -0.4 is 0 Å². The fraction of sp³-hybridized carbons (Fsp3) is 0.217. The van der Waals surface area contributed by atoms with Crippen LogP contribution >= 0.6 is 11.6 Å². The summed E-state index contributed by atoms with van der Waals surface area (Å²) in [6, 6.07) is 23.8. The summed E-state index contributed by atoms with van der Waals surface area (Å²) in [6.45, 7) is 3.17. The Hall–Kier alpha value is -2.18. The lowest BCUT2D eigenvalue weighted by atomic mass is 10.1. The minimum atomic E-state index is -3.65. The van der Waals surface area contributed by atoms with Gasteiger partial charge in [-0.2, -0.15) is 0 Å². The Morgan fingerprint density at radius 2 is 1.62 bits per heavy atom. The zero-order valence-corrected chi connectivity index (χ0v) is 17.4. The monoisotopic (exact) mass is 427 g/mol. The number of nitrogens with zero attached hydrogens (tertiary/aromatic N) is 1. The zero-order valence-electron chi connectivity index (χ0n) is 15.9. The molecule has 4 rings (SSSR count). The van der Waals surface area contributed by atoms with Crippen LogP contribution in [0.3, 0.4) is 0 Å². The second kappa shape index (κ2) is 8.67. The molecular formula is C23H22ClNO3S. The molecule has 1 fully saturated rings. The molecule has 0 bridgehead atoms. The van der Waals surface area contributed by atoms with Crippen LogP contribution in [-0.2, 0) is 21.1 Å². The van der Waals surface area contributed by atoms with E-state index in [-0.39, 0.29) is 20.9 Å². The molecule has 150 valence electrons. The van der Waals surface area contributed by atoms with Gasteiger partial charge < -0.3 is 4.74 Å². The molecule has 6 heteroatoms. The van der Waals surface area contributed by atoms with E-state index in [1.807, 2.05) is 30.3 Å². The summed E-state index contributed by atoms with van der Waals surface area (Å²) in [4.78, 5) is 2.71. The Kier molecular flexibility index (Phi) is 6.01. The van der Waals surface area contributed by atoms with E-state index in [2.05, 4.69) is 17.0 Å². The number of hydrogen-bond donors (Lipinski definition) is 0. The third-order valence-corrected chi connectivity index (χ3v) is 7.36. The highest BCUT2D eigenvalue weighted by Crippen LogP contribution is 2.29. The quantitative estimate of drug-likeness (QED) is 0.589. The van der Waals surface area contributed by atoms with Crippen molar-refractivity contribution in [2.45, 2.75) is 22.4 Å². The average Bonchev–Trinajstić information content (AvgIpc) is 2.75. The lowest BCUT2D eigenvalue weighted by Crippen LogP contribution is -2.37. The first-order valence-electron chi connectivity index (χ1n) is 9.51. The maximum absolute atomic E-state index is 12.9. The van der Waals surface area contributed by atoms with Crippen molar-refractivity contribution in [3.63, 3.8) is 0 Å². The molecule has 3 aromatic rings. The first-order chi connectivity index (χ1) is 14.0. The van der Waals surface area contributed by atoms with Gasteiger partial charge in [0.25, 0.3) is 0 Å². The van der Waals surface area contributed by atoms with Crippen molar-refractivity contribution >= 4 is 21.4 Å². The predicted molar refractivity (Wildman–Crippen MR) is 114 cm³/mol. The van der Waals surface area contributed by atoms with E-state index in [9.17, 15) is 8.42 Å². The van der Waals surface area contributed by atoms with E-state index in [0.717, 1.165) is 25.2 Å². The second-order valence-corrected chi connectivity index (χ2v) is 9.41. The summed E-state index contributed by atoms with van der Waals surface area (Å²) < 4.78 is 31.7. The highest BCUT2D eigenvalue weighted by molar-refractivity contribution is 7.91. The van der Waals surface area contributed by atoms with Gasteiger partial charge in [0.2, 0.25) is 9.84 Å². The normalized spacial score (nSPS) is 17.9. The van der Waals surface area contributed by atoms with Crippen LogP contribution in [0.1, 0.15) is 17.2 Å². The van der Waals surface area contributed by atoms with Crippen LogP contribution in [0.15, 0.2) is 88.7 Å². The maximum atomic E-state index is 12.9. The van der Waals surface area contributed by atoms with Crippen molar-refractivity contribution < 1.29 is 13.2 Å². The predicted octanol–water partition coefficient (Wildman–Crippen LogP) is 4.75. The second-order valence-electron chi connectivity index (χ2n) is 7.08. The SMILES string of the molecule is O=S(=O)(c1ccc(C2CN(Cc3ccccc3)CCO2)cc1)c1ccccc1Cl. The molecule has 1 saturated heterocycles. The molecule has 0 radical (unpaired) electrons. The summed E-state index contributed by atoms with van der Waals surface area (Å²) in [5, 5.41) is 0.226. The van der Waals surface area contributed by atoms with Crippen LogP contribution in [-0.4, -0.2) is 33.0 Å². The number of halogens is 1. The molecular weight excluding hydrogens is 406 g/mol. The maximum Gasteiger partial charge on any atom is 0.208 e. The van der Waals surface area contributed by atoms with E-state index >= 15 is 0 Å². The van der Waals surface area contributed by atoms with Crippen LogP contribution in [0.2, 0.25) is 5.02 Å². The molecule has 1 atom stereocenters. The summed E-state index contributed by atoms with van der Waals surface area (Å²) in [6.07, 6.45) is -0.0791. The average molecular weight is 428 g/mol.